The zero-order valence-corrected chi connectivity index (χ0v) is 7.41. The third-order valence-electron chi connectivity index (χ3n) is 2.23. The molecule has 0 bridgehead atoms. The third kappa shape index (κ3) is 1.75. The van der Waals surface area contributed by atoms with Gasteiger partial charge in [0.15, 0.2) is 0 Å². The van der Waals surface area contributed by atoms with E-state index in [1.807, 2.05) is 0 Å². The van der Waals surface area contributed by atoms with Crippen molar-refractivity contribution in [2.75, 3.05) is 14.1 Å². The number of hydrogen-bond donors (Lipinski definition) is 1. The van der Waals surface area contributed by atoms with Crippen molar-refractivity contribution in [1.29, 1.82) is 0 Å². The van der Waals surface area contributed by atoms with Crippen molar-refractivity contribution >= 4 is 12.3 Å². The molecule has 1 aliphatic rings. The fraction of sp³-hybridized carbons (Fsp3) is 0.750. The average molecular weight is 170 g/mol. The summed E-state index contributed by atoms with van der Waals surface area (Å²) in [5.41, 5.74) is 0. The van der Waals surface area contributed by atoms with Gasteiger partial charge in [0.25, 0.3) is 0 Å². The van der Waals surface area contributed by atoms with Crippen molar-refractivity contribution in [2.45, 2.75) is 18.9 Å². The molecule has 4 heteroatoms. The van der Waals surface area contributed by atoms with Crippen LogP contribution in [0.4, 0.5) is 0 Å². The van der Waals surface area contributed by atoms with Gasteiger partial charge >= 0.3 is 0 Å². The monoisotopic (exact) mass is 170 g/mol. The number of carbonyl (C=O) groups is 2. The summed E-state index contributed by atoms with van der Waals surface area (Å²) in [6.07, 6.45) is 2.27. The molecule has 0 aromatic heterocycles. The Morgan fingerprint density at radius 2 is 2.08 bits per heavy atom. The van der Waals surface area contributed by atoms with Crippen molar-refractivity contribution in [2.24, 2.45) is 5.92 Å². The van der Waals surface area contributed by atoms with Crippen LogP contribution in [-0.2, 0) is 9.59 Å². The lowest BCUT2D eigenvalue weighted by atomic mass is 9.79. The van der Waals surface area contributed by atoms with Gasteiger partial charge < -0.3 is 10.2 Å². The van der Waals surface area contributed by atoms with Gasteiger partial charge in [-0.3, -0.25) is 9.59 Å². The Balaban J connectivity index is 2.25. The van der Waals surface area contributed by atoms with Gasteiger partial charge in [-0.15, -0.1) is 0 Å². The summed E-state index contributed by atoms with van der Waals surface area (Å²) in [4.78, 5) is 22.9. The van der Waals surface area contributed by atoms with E-state index < -0.39 is 0 Å². The second-order valence-electron chi connectivity index (χ2n) is 3.38. The Morgan fingerprint density at radius 3 is 2.50 bits per heavy atom. The lowest BCUT2D eigenvalue weighted by molar-refractivity contribution is -0.136. The fourth-order valence-corrected chi connectivity index (χ4v) is 1.42. The van der Waals surface area contributed by atoms with Crippen LogP contribution in [0, 0.1) is 5.92 Å². The van der Waals surface area contributed by atoms with E-state index >= 15 is 0 Å². The molecule has 0 saturated heterocycles. The number of hydrogen-bond acceptors (Lipinski definition) is 2. The lowest BCUT2D eigenvalue weighted by Crippen LogP contribution is -2.46. The van der Waals surface area contributed by atoms with Gasteiger partial charge in [-0.05, 0) is 12.8 Å². The molecule has 1 saturated carbocycles. The van der Waals surface area contributed by atoms with E-state index in [0.29, 0.717) is 6.41 Å². The first-order valence-electron chi connectivity index (χ1n) is 4.06. The standard InChI is InChI=1S/C8H14N2O2/c1-10(2)8(12)6-3-7(4-6)9-5-11/h5-7H,3-4H2,1-2H3,(H,9,11)/t6-,7-. The first-order chi connectivity index (χ1) is 5.65. The van der Waals surface area contributed by atoms with Gasteiger partial charge in [-0.2, -0.15) is 0 Å². The highest BCUT2D eigenvalue weighted by Crippen LogP contribution is 2.28. The maximum absolute atomic E-state index is 11.3. The van der Waals surface area contributed by atoms with Crippen LogP contribution < -0.4 is 5.32 Å². The lowest BCUT2D eigenvalue weighted by Gasteiger charge is -2.35. The molecule has 0 radical (unpaired) electrons. The SMILES string of the molecule is CN(C)C(=O)[C@H]1C[C@H](NC=O)C1. The highest BCUT2D eigenvalue weighted by molar-refractivity contribution is 5.79. The van der Waals surface area contributed by atoms with Crippen molar-refractivity contribution in [1.82, 2.24) is 10.2 Å². The summed E-state index contributed by atoms with van der Waals surface area (Å²) in [7, 11) is 3.51. The van der Waals surface area contributed by atoms with Gasteiger partial charge in [0.1, 0.15) is 0 Å². The highest BCUT2D eigenvalue weighted by atomic mass is 16.2. The van der Waals surface area contributed by atoms with Crippen LogP contribution >= 0.6 is 0 Å². The van der Waals surface area contributed by atoms with Crippen molar-refractivity contribution in [3.05, 3.63) is 0 Å². The second kappa shape index (κ2) is 3.56. The van der Waals surface area contributed by atoms with Crippen LogP contribution in [0.5, 0.6) is 0 Å². The fourth-order valence-electron chi connectivity index (χ4n) is 1.42. The van der Waals surface area contributed by atoms with E-state index in [1.54, 1.807) is 19.0 Å². The zero-order chi connectivity index (χ0) is 9.14. The number of carbonyl (C=O) groups excluding carboxylic acids is 2. The molecule has 1 fully saturated rings. The Morgan fingerprint density at radius 1 is 1.50 bits per heavy atom. The molecule has 0 spiro atoms. The van der Waals surface area contributed by atoms with Crippen LogP contribution in [0.3, 0.4) is 0 Å². The van der Waals surface area contributed by atoms with Gasteiger partial charge in [-0.1, -0.05) is 0 Å². The molecule has 4 nitrogen and oxygen atoms in total. The second-order valence-corrected chi connectivity index (χ2v) is 3.38. The molecule has 0 aromatic carbocycles. The molecule has 2 amide bonds. The Hall–Kier alpha value is -1.06. The highest BCUT2D eigenvalue weighted by Gasteiger charge is 2.34. The van der Waals surface area contributed by atoms with Crippen molar-refractivity contribution in [3.63, 3.8) is 0 Å². The summed E-state index contributed by atoms with van der Waals surface area (Å²) in [6, 6.07) is 0.219. The Kier molecular flexibility index (Phi) is 2.68. The van der Waals surface area contributed by atoms with Gasteiger partial charge in [-0.25, -0.2) is 0 Å². The quantitative estimate of drug-likeness (QED) is 0.586. The molecule has 0 unspecified atom stereocenters. The van der Waals surface area contributed by atoms with Gasteiger partial charge in [0.05, 0.1) is 0 Å². The molecular weight excluding hydrogens is 156 g/mol. The molecule has 1 aliphatic carbocycles. The molecule has 0 aliphatic heterocycles. The molecule has 0 atom stereocenters. The first kappa shape index (κ1) is 9.03. The zero-order valence-electron chi connectivity index (χ0n) is 7.41. The number of amides is 2. The number of nitrogens with zero attached hydrogens (tertiary/aromatic N) is 1. The van der Waals surface area contributed by atoms with Crippen LogP contribution in [0.25, 0.3) is 0 Å². The third-order valence-corrected chi connectivity index (χ3v) is 2.23. The average Bonchev–Trinajstić information content (AvgIpc) is 1.94. The summed E-state index contributed by atoms with van der Waals surface area (Å²) in [6.45, 7) is 0. The maximum Gasteiger partial charge on any atom is 0.225 e. The summed E-state index contributed by atoms with van der Waals surface area (Å²) in [5, 5.41) is 2.65. The normalized spacial score (nSPS) is 27.2. The van der Waals surface area contributed by atoms with E-state index in [4.69, 9.17) is 0 Å². The van der Waals surface area contributed by atoms with Crippen LogP contribution in [0.15, 0.2) is 0 Å². The summed E-state index contributed by atoms with van der Waals surface area (Å²) < 4.78 is 0. The molecule has 68 valence electrons. The van der Waals surface area contributed by atoms with Crippen molar-refractivity contribution < 1.29 is 9.59 Å². The minimum absolute atomic E-state index is 0.123. The molecule has 1 N–H and O–H groups in total. The minimum atomic E-state index is 0.123. The van der Waals surface area contributed by atoms with Crippen molar-refractivity contribution in [3.8, 4) is 0 Å². The predicted octanol–water partition coefficient (Wildman–Crippen LogP) is -0.401. The Labute approximate surface area is 71.9 Å². The molecule has 0 heterocycles. The molecular formula is C8H14N2O2. The smallest absolute Gasteiger partial charge is 0.225 e. The summed E-state index contributed by atoms with van der Waals surface area (Å²) in [5.74, 6) is 0.288. The predicted molar refractivity (Wildman–Crippen MR) is 44.4 cm³/mol. The number of rotatable bonds is 3. The van der Waals surface area contributed by atoms with Crippen LogP contribution in [0.1, 0.15) is 12.8 Å². The van der Waals surface area contributed by atoms with Gasteiger partial charge in [0.2, 0.25) is 12.3 Å². The Bertz CT molecular complexity index is 185. The summed E-state index contributed by atoms with van der Waals surface area (Å²) >= 11 is 0. The van der Waals surface area contributed by atoms with E-state index in [1.165, 1.54) is 0 Å². The molecule has 0 aromatic rings. The van der Waals surface area contributed by atoms with E-state index in [9.17, 15) is 9.59 Å². The molecule has 12 heavy (non-hydrogen) atoms. The number of nitrogens with one attached hydrogen (secondary N) is 1. The first-order valence-corrected chi connectivity index (χ1v) is 4.06. The van der Waals surface area contributed by atoms with Crippen LogP contribution in [0.2, 0.25) is 0 Å². The van der Waals surface area contributed by atoms with E-state index in [0.717, 1.165) is 12.8 Å². The van der Waals surface area contributed by atoms with Gasteiger partial charge in [0, 0.05) is 26.1 Å². The minimum Gasteiger partial charge on any atom is -0.356 e. The maximum atomic E-state index is 11.3. The van der Waals surface area contributed by atoms with Crippen LogP contribution in [-0.4, -0.2) is 37.4 Å². The van der Waals surface area contributed by atoms with E-state index in [2.05, 4.69) is 5.32 Å². The molecule has 1 rings (SSSR count). The largest absolute Gasteiger partial charge is 0.356 e. The van der Waals surface area contributed by atoms with E-state index in [-0.39, 0.29) is 17.9 Å². The topological polar surface area (TPSA) is 49.4 Å².